The Morgan fingerprint density at radius 3 is 2.31 bits per heavy atom. The van der Waals surface area contributed by atoms with Crippen LogP contribution < -0.4 is 9.47 Å². The first kappa shape index (κ1) is 29.8. The molecular weight excluding hydrogens is 558 g/mol. The van der Waals surface area contributed by atoms with E-state index >= 15 is 0 Å². The minimum Gasteiger partial charge on any atom is -0.496 e. The Balaban J connectivity index is 1.20. The summed E-state index contributed by atoms with van der Waals surface area (Å²) in [7, 11) is 3.69. The van der Waals surface area contributed by atoms with E-state index in [2.05, 4.69) is 11.9 Å². The monoisotopic (exact) mass is 593 g/mol. The first-order chi connectivity index (χ1) is 18.9. The Morgan fingerprint density at radius 1 is 1.08 bits per heavy atom. The lowest BCUT2D eigenvalue weighted by Gasteiger charge is -2.35. The molecule has 10 heteroatoms. The van der Waals surface area contributed by atoms with E-state index in [4.69, 9.17) is 25.8 Å². The van der Waals surface area contributed by atoms with Gasteiger partial charge in [-0.2, -0.15) is 0 Å². The molecule has 2 aromatic heterocycles. The van der Waals surface area contributed by atoms with Gasteiger partial charge in [-0.1, -0.05) is 23.7 Å². The third kappa shape index (κ3) is 7.14. The van der Waals surface area contributed by atoms with Crippen LogP contribution in [-0.4, -0.2) is 60.5 Å². The molecule has 0 unspecified atom stereocenters. The summed E-state index contributed by atoms with van der Waals surface area (Å²) in [6.07, 6.45) is 5.09. The number of ether oxygens (including phenoxy) is 3. The van der Waals surface area contributed by atoms with Crippen molar-refractivity contribution in [2.45, 2.75) is 62.9 Å². The Hall–Kier alpha value is -2.14. The molecule has 0 saturated heterocycles. The number of methoxy groups -OCH3 is 1. The maximum Gasteiger partial charge on any atom is 0.349 e. The summed E-state index contributed by atoms with van der Waals surface area (Å²) in [4.78, 5) is 16.8. The number of unbranched alkanes of at least 4 members (excludes halogenated alkanes) is 1. The highest BCUT2D eigenvalue weighted by Gasteiger charge is 2.45. The van der Waals surface area contributed by atoms with Crippen molar-refractivity contribution in [3.63, 3.8) is 0 Å². The van der Waals surface area contributed by atoms with Crippen LogP contribution in [0.2, 0.25) is 5.02 Å². The summed E-state index contributed by atoms with van der Waals surface area (Å²) >= 11 is 8.99. The quantitative estimate of drug-likeness (QED) is 0.190. The van der Waals surface area contributed by atoms with Gasteiger partial charge in [0.2, 0.25) is 5.60 Å². The van der Waals surface area contributed by atoms with Gasteiger partial charge in [0.1, 0.15) is 17.6 Å². The van der Waals surface area contributed by atoms with Gasteiger partial charge >= 0.3 is 5.97 Å². The number of rotatable bonds is 13. The zero-order valence-electron chi connectivity index (χ0n) is 22.3. The van der Waals surface area contributed by atoms with E-state index in [0.29, 0.717) is 44.5 Å². The minimum atomic E-state index is -1.76. The van der Waals surface area contributed by atoms with Gasteiger partial charge in [-0.3, -0.25) is 0 Å². The molecule has 2 heterocycles. The van der Waals surface area contributed by atoms with E-state index in [9.17, 15) is 15.0 Å². The predicted octanol–water partition coefficient (Wildman–Crippen LogP) is 5.85. The Morgan fingerprint density at radius 2 is 1.74 bits per heavy atom. The van der Waals surface area contributed by atoms with E-state index in [1.54, 1.807) is 31.4 Å². The van der Waals surface area contributed by atoms with Crippen molar-refractivity contribution in [3.05, 3.63) is 67.5 Å². The molecule has 3 aromatic rings. The molecule has 2 N–H and O–H groups in total. The van der Waals surface area contributed by atoms with E-state index in [-0.39, 0.29) is 12.7 Å². The lowest BCUT2D eigenvalue weighted by Crippen LogP contribution is -2.42. The molecule has 39 heavy (non-hydrogen) atoms. The molecule has 0 atom stereocenters. The number of halogens is 1. The number of aliphatic hydroxyl groups excluding tert-OH is 1. The number of hydrogen-bond acceptors (Lipinski definition) is 9. The molecule has 1 aliphatic carbocycles. The third-order valence-corrected chi connectivity index (χ3v) is 9.51. The number of nitrogens with zero attached hydrogens (tertiary/aromatic N) is 1. The maximum atomic E-state index is 13.2. The van der Waals surface area contributed by atoms with Crippen molar-refractivity contribution >= 4 is 40.2 Å². The van der Waals surface area contributed by atoms with Gasteiger partial charge < -0.3 is 29.3 Å². The van der Waals surface area contributed by atoms with Crippen LogP contribution in [0.3, 0.4) is 0 Å². The molecule has 1 aliphatic rings. The highest BCUT2D eigenvalue weighted by molar-refractivity contribution is 7.12. The molecule has 1 aromatic carbocycles. The molecule has 0 radical (unpaired) electrons. The summed E-state index contributed by atoms with van der Waals surface area (Å²) in [5, 5.41) is 25.0. The van der Waals surface area contributed by atoms with E-state index in [1.807, 2.05) is 22.9 Å². The summed E-state index contributed by atoms with van der Waals surface area (Å²) in [6, 6.07) is 11.0. The number of carbonyl (C=O) groups excluding carboxylic acids is 1. The molecular formula is C29H36ClNO6S2. The van der Waals surface area contributed by atoms with Crippen LogP contribution >= 0.6 is 34.3 Å². The number of esters is 1. The molecule has 0 bridgehead atoms. The zero-order valence-corrected chi connectivity index (χ0v) is 24.7. The largest absolute Gasteiger partial charge is 0.496 e. The van der Waals surface area contributed by atoms with Crippen LogP contribution in [0.15, 0.2) is 47.2 Å². The SMILES string of the molecule is COc1cc(OCCCCN(C)[C@H]2CC[C@H](OC(=O)C(O)(c3cccs3)c3cccs3)CC2)c(Cl)cc1CO. The van der Waals surface area contributed by atoms with E-state index in [1.165, 1.54) is 22.7 Å². The average molecular weight is 594 g/mol. The molecule has 1 fully saturated rings. The number of thiophene rings is 2. The smallest absolute Gasteiger partial charge is 0.349 e. The molecule has 0 spiro atoms. The van der Waals surface area contributed by atoms with E-state index in [0.717, 1.165) is 45.1 Å². The van der Waals surface area contributed by atoms with Crippen molar-refractivity contribution in [1.29, 1.82) is 0 Å². The van der Waals surface area contributed by atoms with Gasteiger partial charge in [0.25, 0.3) is 0 Å². The first-order valence-electron chi connectivity index (χ1n) is 13.2. The minimum absolute atomic E-state index is 0.146. The highest BCUT2D eigenvalue weighted by atomic mass is 35.5. The van der Waals surface area contributed by atoms with Crippen LogP contribution in [0.1, 0.15) is 53.8 Å². The van der Waals surface area contributed by atoms with Gasteiger partial charge in [-0.15, -0.1) is 22.7 Å². The summed E-state index contributed by atoms with van der Waals surface area (Å²) in [5.41, 5.74) is -1.13. The van der Waals surface area contributed by atoms with Gasteiger partial charge in [-0.05, 0) is 81.1 Å². The lowest BCUT2D eigenvalue weighted by atomic mass is 9.91. The van der Waals surface area contributed by atoms with Crippen molar-refractivity contribution in [3.8, 4) is 11.5 Å². The summed E-state index contributed by atoms with van der Waals surface area (Å²) in [5.74, 6) is 0.519. The normalized spacial score (nSPS) is 17.8. The number of carbonyl (C=O) groups is 1. The fourth-order valence-electron chi connectivity index (χ4n) is 4.96. The maximum absolute atomic E-state index is 13.2. The average Bonchev–Trinajstić information content (AvgIpc) is 3.69. The summed E-state index contributed by atoms with van der Waals surface area (Å²) < 4.78 is 17.0. The Bertz CT molecular complexity index is 1140. The number of benzene rings is 1. The van der Waals surface area contributed by atoms with Crippen molar-refractivity contribution in [2.24, 2.45) is 0 Å². The molecule has 0 aliphatic heterocycles. The second kappa shape index (κ2) is 14.0. The fourth-order valence-corrected chi connectivity index (χ4v) is 6.91. The van der Waals surface area contributed by atoms with Crippen LogP contribution in [0, 0.1) is 0 Å². The second-order valence-electron chi connectivity index (χ2n) is 9.79. The molecule has 7 nitrogen and oxygen atoms in total. The standard InChI is InChI=1S/C29H36ClNO6S2/c1-31(13-3-4-14-36-25-18-24(35-2)20(19-32)17-23(25)30)21-9-11-22(12-10-21)37-28(33)29(34,26-7-5-15-38-26)27-8-6-16-39-27/h5-8,15-18,21-22,32,34H,3-4,9-14,19H2,1-2H3/t21-,22-. The van der Waals surface area contributed by atoms with Gasteiger partial charge in [0.15, 0.2) is 0 Å². The fraction of sp³-hybridized carbons (Fsp3) is 0.483. The zero-order chi connectivity index (χ0) is 27.8. The second-order valence-corrected chi connectivity index (χ2v) is 12.1. The molecule has 4 rings (SSSR count). The topological polar surface area (TPSA) is 88.5 Å². The molecule has 212 valence electrons. The first-order valence-corrected chi connectivity index (χ1v) is 15.3. The van der Waals surface area contributed by atoms with Gasteiger partial charge in [-0.25, -0.2) is 4.79 Å². The lowest BCUT2D eigenvalue weighted by molar-refractivity contribution is -0.169. The highest BCUT2D eigenvalue weighted by Crippen LogP contribution is 2.38. The molecule has 0 amide bonds. The van der Waals surface area contributed by atoms with Crippen LogP contribution in [0.25, 0.3) is 0 Å². The summed E-state index contributed by atoms with van der Waals surface area (Å²) in [6.45, 7) is 1.33. The number of hydrogen-bond donors (Lipinski definition) is 2. The predicted molar refractivity (Wildman–Crippen MR) is 155 cm³/mol. The van der Waals surface area contributed by atoms with Crippen LogP contribution in [0.5, 0.6) is 11.5 Å². The van der Waals surface area contributed by atoms with Crippen molar-refractivity contribution in [1.82, 2.24) is 4.90 Å². The van der Waals surface area contributed by atoms with Crippen LogP contribution in [-0.2, 0) is 21.7 Å². The van der Waals surface area contributed by atoms with Gasteiger partial charge in [0, 0.05) is 17.7 Å². The Labute approximate surface area is 242 Å². The Kier molecular flexibility index (Phi) is 10.7. The van der Waals surface area contributed by atoms with E-state index < -0.39 is 11.6 Å². The van der Waals surface area contributed by atoms with Crippen LogP contribution in [0.4, 0.5) is 0 Å². The third-order valence-electron chi connectivity index (χ3n) is 7.26. The van der Waals surface area contributed by atoms with Crippen molar-refractivity contribution in [2.75, 3.05) is 27.3 Å². The molecule has 1 saturated carbocycles. The number of aliphatic hydroxyl groups is 2. The van der Waals surface area contributed by atoms with Gasteiger partial charge in [0.05, 0.1) is 35.1 Å². The van der Waals surface area contributed by atoms with Crippen molar-refractivity contribution < 1.29 is 29.2 Å².